The van der Waals surface area contributed by atoms with Crippen molar-refractivity contribution >= 4 is 11.6 Å². The molecule has 1 aromatic carbocycles. The van der Waals surface area contributed by atoms with Crippen LogP contribution in [0.2, 0.25) is 0 Å². The smallest absolute Gasteiger partial charge is 0.219 e. The van der Waals surface area contributed by atoms with Crippen LogP contribution in [0.1, 0.15) is 37.6 Å². The van der Waals surface area contributed by atoms with Crippen molar-refractivity contribution in [3.05, 3.63) is 53.0 Å². The van der Waals surface area contributed by atoms with Gasteiger partial charge in [0.05, 0.1) is 5.69 Å². The van der Waals surface area contributed by atoms with Crippen molar-refractivity contribution in [3.63, 3.8) is 0 Å². The fraction of sp³-hybridized carbons (Fsp3) is 0.353. The average molecular weight is 308 g/mol. The molecule has 112 valence electrons. The summed E-state index contributed by atoms with van der Waals surface area (Å²) in [5.74, 6) is 1.18. The molecule has 0 saturated carbocycles. The minimum Gasteiger partial charge on any atom is -0.439 e. The van der Waals surface area contributed by atoms with Crippen LogP contribution in [0.5, 0.6) is 11.6 Å². The second-order valence-electron chi connectivity index (χ2n) is 6.10. The highest BCUT2D eigenvalue weighted by molar-refractivity contribution is 6.17. The summed E-state index contributed by atoms with van der Waals surface area (Å²) in [5, 5.41) is 0. The molecule has 0 aliphatic rings. The number of alkyl halides is 1. The first kappa shape index (κ1) is 15.8. The molecule has 1 heterocycles. The molecular formula is C17H19ClFNO. The van der Waals surface area contributed by atoms with E-state index in [2.05, 4.69) is 25.8 Å². The lowest BCUT2D eigenvalue weighted by molar-refractivity contribution is 0.449. The first-order chi connectivity index (χ1) is 9.79. The van der Waals surface area contributed by atoms with Crippen molar-refractivity contribution in [2.75, 3.05) is 0 Å². The second kappa shape index (κ2) is 6.02. The van der Waals surface area contributed by atoms with Crippen molar-refractivity contribution in [2.24, 2.45) is 0 Å². The van der Waals surface area contributed by atoms with Gasteiger partial charge in [0, 0.05) is 17.4 Å². The number of aromatic nitrogens is 1. The number of hydrogen-bond acceptors (Lipinski definition) is 2. The molecule has 0 radical (unpaired) electrons. The van der Waals surface area contributed by atoms with Gasteiger partial charge < -0.3 is 4.74 Å². The van der Waals surface area contributed by atoms with Gasteiger partial charge >= 0.3 is 0 Å². The van der Waals surface area contributed by atoms with Gasteiger partial charge in [0.25, 0.3) is 0 Å². The molecule has 0 atom stereocenters. The quantitative estimate of drug-likeness (QED) is 0.712. The average Bonchev–Trinajstić information content (AvgIpc) is 2.41. The van der Waals surface area contributed by atoms with Gasteiger partial charge in [0.1, 0.15) is 11.6 Å². The van der Waals surface area contributed by atoms with E-state index in [0.717, 1.165) is 11.3 Å². The maximum Gasteiger partial charge on any atom is 0.219 e. The van der Waals surface area contributed by atoms with Crippen molar-refractivity contribution in [1.82, 2.24) is 4.98 Å². The summed E-state index contributed by atoms with van der Waals surface area (Å²) in [6.45, 7) is 7.95. The number of hydrogen-bond donors (Lipinski definition) is 0. The summed E-state index contributed by atoms with van der Waals surface area (Å²) >= 11 is 5.94. The summed E-state index contributed by atoms with van der Waals surface area (Å²) < 4.78 is 19.0. The molecule has 2 aromatic rings. The van der Waals surface area contributed by atoms with E-state index >= 15 is 0 Å². The largest absolute Gasteiger partial charge is 0.439 e. The van der Waals surface area contributed by atoms with Crippen LogP contribution in [0.3, 0.4) is 0 Å². The second-order valence-corrected chi connectivity index (χ2v) is 6.36. The summed E-state index contributed by atoms with van der Waals surface area (Å²) in [4.78, 5) is 4.53. The highest BCUT2D eigenvalue weighted by Crippen LogP contribution is 2.28. The lowest BCUT2D eigenvalue weighted by atomic mass is 9.91. The topological polar surface area (TPSA) is 22.1 Å². The minimum absolute atomic E-state index is 0.0983. The van der Waals surface area contributed by atoms with E-state index < -0.39 is 0 Å². The van der Waals surface area contributed by atoms with Gasteiger partial charge in [0.15, 0.2) is 0 Å². The van der Waals surface area contributed by atoms with E-state index in [4.69, 9.17) is 16.3 Å². The van der Waals surface area contributed by atoms with Crippen LogP contribution in [-0.2, 0) is 11.3 Å². The molecule has 0 unspecified atom stereocenters. The Morgan fingerprint density at radius 3 is 2.48 bits per heavy atom. The van der Waals surface area contributed by atoms with E-state index in [1.807, 2.05) is 6.07 Å². The summed E-state index contributed by atoms with van der Waals surface area (Å²) in [7, 11) is 0. The minimum atomic E-state index is -0.250. The lowest BCUT2D eigenvalue weighted by Gasteiger charge is -2.19. The third-order valence-corrected chi connectivity index (χ3v) is 3.44. The van der Waals surface area contributed by atoms with Crippen LogP contribution < -0.4 is 4.74 Å². The monoisotopic (exact) mass is 307 g/mol. The molecule has 0 aliphatic heterocycles. The Balaban J connectivity index is 2.36. The maximum atomic E-state index is 13.3. The van der Waals surface area contributed by atoms with Gasteiger partial charge in [-0.2, -0.15) is 0 Å². The lowest BCUT2D eigenvalue weighted by Crippen LogP contribution is -2.14. The van der Waals surface area contributed by atoms with Gasteiger partial charge in [-0.3, -0.25) is 0 Å². The fourth-order valence-electron chi connectivity index (χ4n) is 1.87. The van der Waals surface area contributed by atoms with Crippen LogP contribution in [-0.4, -0.2) is 4.98 Å². The molecule has 1 aromatic heterocycles. The normalized spacial score (nSPS) is 11.5. The van der Waals surface area contributed by atoms with E-state index in [0.29, 0.717) is 23.1 Å². The summed E-state index contributed by atoms with van der Waals surface area (Å²) in [5.41, 5.74) is 2.30. The fourth-order valence-corrected chi connectivity index (χ4v) is 2.03. The maximum absolute atomic E-state index is 13.3. The van der Waals surface area contributed by atoms with Crippen LogP contribution in [0.25, 0.3) is 0 Å². The predicted molar refractivity (Wildman–Crippen MR) is 83.7 cm³/mol. The van der Waals surface area contributed by atoms with Gasteiger partial charge in [-0.1, -0.05) is 20.8 Å². The molecule has 4 heteroatoms. The first-order valence-corrected chi connectivity index (χ1v) is 7.34. The first-order valence-electron chi connectivity index (χ1n) is 6.81. The van der Waals surface area contributed by atoms with Crippen LogP contribution in [0.15, 0.2) is 30.3 Å². The zero-order valence-corrected chi connectivity index (χ0v) is 13.5. The predicted octanol–water partition coefficient (Wildman–Crippen LogP) is 5.36. The number of aryl methyl sites for hydroxylation is 1. The molecule has 0 fully saturated rings. The standard InChI is InChI=1S/C17H19ClFNO/c1-11-7-13(5-6-14(11)19)21-16-9-12(10-18)8-15(20-16)17(2,3)4/h5-9H,10H2,1-4H3. The van der Waals surface area contributed by atoms with E-state index in [9.17, 15) is 4.39 Å². The highest BCUT2D eigenvalue weighted by atomic mass is 35.5. The Labute approximate surface area is 129 Å². The molecular weight excluding hydrogens is 289 g/mol. The van der Waals surface area contributed by atoms with Crippen LogP contribution in [0, 0.1) is 12.7 Å². The molecule has 2 rings (SSSR count). The SMILES string of the molecule is Cc1cc(Oc2cc(CCl)cc(C(C)(C)C)n2)ccc1F. The van der Waals surface area contributed by atoms with Gasteiger partial charge in [-0.05, 0) is 42.3 Å². The molecule has 2 nitrogen and oxygen atoms in total. The Kier molecular flexibility index (Phi) is 4.52. The van der Waals surface area contributed by atoms with E-state index in [-0.39, 0.29) is 11.2 Å². The molecule has 21 heavy (non-hydrogen) atoms. The van der Waals surface area contributed by atoms with Crippen LogP contribution in [0.4, 0.5) is 4.39 Å². The van der Waals surface area contributed by atoms with Crippen LogP contribution >= 0.6 is 11.6 Å². The van der Waals surface area contributed by atoms with Crippen molar-refractivity contribution < 1.29 is 9.13 Å². The number of rotatable bonds is 3. The highest BCUT2D eigenvalue weighted by Gasteiger charge is 2.17. The van der Waals surface area contributed by atoms with E-state index in [1.54, 1.807) is 25.1 Å². The third-order valence-electron chi connectivity index (χ3n) is 3.14. The number of nitrogens with zero attached hydrogens (tertiary/aromatic N) is 1. The van der Waals surface area contributed by atoms with Gasteiger partial charge in [-0.15, -0.1) is 11.6 Å². The van der Waals surface area contributed by atoms with Crippen molar-refractivity contribution in [2.45, 2.75) is 39.0 Å². The Morgan fingerprint density at radius 2 is 1.90 bits per heavy atom. The number of pyridine rings is 1. The molecule has 0 aliphatic carbocycles. The molecule has 0 amide bonds. The summed E-state index contributed by atoms with van der Waals surface area (Å²) in [6.07, 6.45) is 0. The Morgan fingerprint density at radius 1 is 1.19 bits per heavy atom. The molecule has 0 bridgehead atoms. The molecule has 0 N–H and O–H groups in total. The van der Waals surface area contributed by atoms with E-state index in [1.165, 1.54) is 6.07 Å². The number of halogens is 2. The molecule has 0 saturated heterocycles. The number of benzene rings is 1. The number of ether oxygens (including phenoxy) is 1. The third kappa shape index (κ3) is 3.94. The summed E-state index contributed by atoms with van der Waals surface area (Å²) in [6, 6.07) is 8.42. The zero-order valence-electron chi connectivity index (χ0n) is 12.7. The Bertz CT molecular complexity index is 650. The van der Waals surface area contributed by atoms with Gasteiger partial charge in [-0.25, -0.2) is 9.37 Å². The van der Waals surface area contributed by atoms with Gasteiger partial charge in [0.2, 0.25) is 5.88 Å². The van der Waals surface area contributed by atoms with Crippen molar-refractivity contribution in [3.8, 4) is 11.6 Å². The van der Waals surface area contributed by atoms with Crippen molar-refractivity contribution in [1.29, 1.82) is 0 Å². The molecule has 0 spiro atoms. The zero-order chi connectivity index (χ0) is 15.6. The Hall–Kier alpha value is -1.61.